The van der Waals surface area contributed by atoms with Crippen molar-refractivity contribution in [3.8, 4) is 0 Å². The van der Waals surface area contributed by atoms with E-state index in [1.807, 2.05) is 0 Å². The van der Waals surface area contributed by atoms with Crippen LogP contribution < -0.4 is 0 Å². The Kier molecular flexibility index (Phi) is 5.99. The standard InChI is InChI=1S/C17H17F2NO10S/c1-2-11(22)28-6-10(21)7-29-16(25)17(18,19)31(26,27)30-20-14(23)12-8-3-4-9(5-8)13(12)15(20)24/h2-4,8-10,12-13,21H,1,5-7H2. The number of amides is 2. The van der Waals surface area contributed by atoms with Crippen LogP contribution in [0.4, 0.5) is 8.78 Å². The molecule has 0 aromatic rings. The number of fused-ring (bicyclic) bond motifs is 5. The number of alkyl halides is 2. The zero-order valence-corrected chi connectivity index (χ0v) is 16.5. The summed E-state index contributed by atoms with van der Waals surface area (Å²) in [5, 5.41) is 3.89. The van der Waals surface area contributed by atoms with E-state index in [-0.39, 0.29) is 16.9 Å². The number of esters is 2. The van der Waals surface area contributed by atoms with Crippen molar-refractivity contribution in [1.29, 1.82) is 0 Å². The molecule has 2 aliphatic carbocycles. The van der Waals surface area contributed by atoms with E-state index in [0.717, 1.165) is 6.08 Å². The van der Waals surface area contributed by atoms with Crippen LogP contribution in [0.15, 0.2) is 24.8 Å². The van der Waals surface area contributed by atoms with Crippen LogP contribution in [-0.2, 0) is 43.1 Å². The number of hydrogen-bond donors (Lipinski definition) is 1. The van der Waals surface area contributed by atoms with Gasteiger partial charge in [-0.15, -0.1) is 9.35 Å². The quantitative estimate of drug-likeness (QED) is 0.200. The van der Waals surface area contributed by atoms with Crippen molar-refractivity contribution in [3.05, 3.63) is 24.8 Å². The number of carbonyl (C=O) groups excluding carboxylic acids is 4. The molecule has 31 heavy (non-hydrogen) atoms. The topological polar surface area (TPSA) is 154 Å². The average molecular weight is 465 g/mol. The minimum atomic E-state index is -6.16. The first kappa shape index (κ1) is 23.0. The minimum Gasteiger partial charge on any atom is -0.460 e. The fourth-order valence-electron chi connectivity index (χ4n) is 3.74. The van der Waals surface area contributed by atoms with E-state index in [1.165, 1.54) is 0 Å². The van der Waals surface area contributed by atoms with Gasteiger partial charge in [-0.25, -0.2) is 9.59 Å². The first-order valence-corrected chi connectivity index (χ1v) is 10.3. The highest BCUT2D eigenvalue weighted by atomic mass is 32.2. The maximum absolute atomic E-state index is 14.1. The number of carbonyl (C=O) groups is 4. The third kappa shape index (κ3) is 3.97. The van der Waals surface area contributed by atoms with Gasteiger partial charge in [0.05, 0.1) is 11.8 Å². The fourth-order valence-corrected chi connectivity index (χ4v) is 4.44. The van der Waals surface area contributed by atoms with Crippen LogP contribution in [0.1, 0.15) is 6.42 Å². The smallest absolute Gasteiger partial charge is 0.460 e. The molecular weight excluding hydrogens is 448 g/mol. The van der Waals surface area contributed by atoms with Crippen molar-refractivity contribution in [3.63, 3.8) is 0 Å². The number of rotatable bonds is 9. The maximum Gasteiger partial charge on any atom is 0.467 e. The Morgan fingerprint density at radius 2 is 1.71 bits per heavy atom. The molecule has 1 saturated carbocycles. The van der Waals surface area contributed by atoms with E-state index >= 15 is 0 Å². The third-order valence-corrected chi connectivity index (χ3v) is 6.29. The summed E-state index contributed by atoms with van der Waals surface area (Å²) in [5.74, 6) is -8.21. The third-order valence-electron chi connectivity index (χ3n) is 5.15. The highest BCUT2D eigenvalue weighted by Gasteiger charge is 2.64. The normalized spacial score (nSPS) is 27.9. The SMILES string of the molecule is C=CC(=O)OCC(O)COC(=O)C(F)(F)S(=O)(=O)ON1C(=O)C2C3C=CC(C3)C2C1=O. The second-order valence-electron chi connectivity index (χ2n) is 7.10. The van der Waals surface area contributed by atoms with Gasteiger partial charge in [0.15, 0.2) is 0 Å². The van der Waals surface area contributed by atoms with E-state index in [2.05, 4.69) is 20.3 Å². The highest BCUT2D eigenvalue weighted by Crippen LogP contribution is 2.52. The number of hydroxylamine groups is 2. The van der Waals surface area contributed by atoms with Crippen molar-refractivity contribution < 1.29 is 55.2 Å². The van der Waals surface area contributed by atoms with Crippen molar-refractivity contribution in [2.24, 2.45) is 23.7 Å². The Labute approximate surface area is 174 Å². The summed E-state index contributed by atoms with van der Waals surface area (Å²) in [6, 6.07) is 0. The van der Waals surface area contributed by atoms with Crippen LogP contribution in [0.3, 0.4) is 0 Å². The number of hydrogen-bond acceptors (Lipinski definition) is 10. The molecule has 1 N–H and O–H groups in total. The maximum atomic E-state index is 14.1. The van der Waals surface area contributed by atoms with Crippen molar-refractivity contribution in [2.75, 3.05) is 13.2 Å². The van der Waals surface area contributed by atoms with Crippen LogP contribution in [0.25, 0.3) is 0 Å². The molecule has 5 unspecified atom stereocenters. The molecule has 3 rings (SSSR count). The fraction of sp³-hybridized carbons (Fsp3) is 0.529. The number of allylic oxidation sites excluding steroid dienone is 2. The summed E-state index contributed by atoms with van der Waals surface area (Å²) in [4.78, 5) is 47.2. The first-order valence-electron chi connectivity index (χ1n) is 8.93. The molecule has 170 valence electrons. The van der Waals surface area contributed by atoms with E-state index < -0.39 is 70.3 Å². The van der Waals surface area contributed by atoms with Gasteiger partial charge < -0.3 is 14.6 Å². The van der Waals surface area contributed by atoms with Gasteiger partial charge in [0.2, 0.25) is 0 Å². The van der Waals surface area contributed by atoms with Gasteiger partial charge in [0.1, 0.15) is 19.3 Å². The molecular formula is C17H17F2NO10S. The van der Waals surface area contributed by atoms with Crippen LogP contribution in [0, 0.1) is 23.7 Å². The van der Waals surface area contributed by atoms with Gasteiger partial charge >= 0.3 is 27.3 Å². The van der Waals surface area contributed by atoms with Crippen LogP contribution in [0.2, 0.25) is 0 Å². The van der Waals surface area contributed by atoms with E-state index in [4.69, 9.17) is 0 Å². The summed E-state index contributed by atoms with van der Waals surface area (Å²) >= 11 is 0. The predicted molar refractivity (Wildman–Crippen MR) is 92.6 cm³/mol. The summed E-state index contributed by atoms with van der Waals surface area (Å²) in [7, 11) is -6.16. The molecule has 2 fully saturated rings. The molecule has 0 spiro atoms. The van der Waals surface area contributed by atoms with Crippen molar-refractivity contribution in [2.45, 2.75) is 17.8 Å². The zero-order chi connectivity index (χ0) is 23.1. The van der Waals surface area contributed by atoms with Gasteiger partial charge in [-0.3, -0.25) is 9.59 Å². The Morgan fingerprint density at radius 3 is 2.23 bits per heavy atom. The molecule has 0 aromatic carbocycles. The van der Waals surface area contributed by atoms with Gasteiger partial charge in [-0.1, -0.05) is 18.7 Å². The lowest BCUT2D eigenvalue weighted by atomic mass is 9.85. The molecule has 1 saturated heterocycles. The van der Waals surface area contributed by atoms with Crippen molar-refractivity contribution >= 4 is 33.9 Å². The predicted octanol–water partition coefficient (Wildman–Crippen LogP) is -0.719. The monoisotopic (exact) mass is 465 g/mol. The molecule has 14 heteroatoms. The molecule has 2 bridgehead atoms. The van der Waals surface area contributed by atoms with Crippen LogP contribution in [0.5, 0.6) is 0 Å². The second kappa shape index (κ2) is 8.09. The zero-order valence-electron chi connectivity index (χ0n) is 15.7. The minimum absolute atomic E-state index is 0.248. The Hall–Kier alpha value is -2.71. The Balaban J connectivity index is 1.62. The van der Waals surface area contributed by atoms with Gasteiger partial charge in [-0.05, 0) is 18.3 Å². The van der Waals surface area contributed by atoms with Gasteiger partial charge in [0, 0.05) is 6.08 Å². The molecule has 5 atom stereocenters. The summed E-state index contributed by atoms with van der Waals surface area (Å²) in [5.41, 5.74) is 0. The molecule has 1 aliphatic heterocycles. The molecule has 2 amide bonds. The lowest BCUT2D eigenvalue weighted by molar-refractivity contribution is -0.174. The Bertz CT molecular complexity index is 932. The summed E-state index contributed by atoms with van der Waals surface area (Å²) in [6.07, 6.45) is 2.92. The number of nitrogens with zero attached hydrogens (tertiary/aromatic N) is 1. The number of imide groups is 1. The van der Waals surface area contributed by atoms with E-state index in [0.29, 0.717) is 6.42 Å². The highest BCUT2D eigenvalue weighted by molar-refractivity contribution is 7.88. The van der Waals surface area contributed by atoms with Crippen LogP contribution in [-0.4, -0.2) is 66.9 Å². The lowest BCUT2D eigenvalue weighted by Crippen LogP contribution is -2.46. The van der Waals surface area contributed by atoms with E-state index in [9.17, 15) is 41.5 Å². The van der Waals surface area contributed by atoms with Gasteiger partial charge in [0.25, 0.3) is 11.8 Å². The second-order valence-corrected chi connectivity index (χ2v) is 8.67. The average Bonchev–Trinajstić information content (AvgIpc) is 3.39. The Morgan fingerprint density at radius 1 is 1.19 bits per heavy atom. The molecule has 0 radical (unpaired) electrons. The molecule has 11 nitrogen and oxygen atoms in total. The first-order chi connectivity index (χ1) is 14.4. The number of ether oxygens (including phenoxy) is 2. The number of halogens is 2. The summed E-state index contributed by atoms with van der Waals surface area (Å²) in [6.45, 7) is 1.19. The largest absolute Gasteiger partial charge is 0.467 e. The number of aliphatic hydroxyl groups is 1. The molecule has 3 aliphatic rings. The lowest BCUT2D eigenvalue weighted by Gasteiger charge is -2.20. The van der Waals surface area contributed by atoms with E-state index in [1.54, 1.807) is 12.2 Å². The van der Waals surface area contributed by atoms with Gasteiger partial charge in [-0.2, -0.15) is 17.2 Å². The van der Waals surface area contributed by atoms with Crippen molar-refractivity contribution in [1.82, 2.24) is 5.06 Å². The number of aliphatic hydroxyl groups excluding tert-OH is 1. The van der Waals surface area contributed by atoms with Crippen LogP contribution >= 0.6 is 0 Å². The molecule has 1 heterocycles. The molecule has 0 aromatic heterocycles. The summed E-state index contributed by atoms with van der Waals surface area (Å²) < 4.78 is 64.7.